The molecule has 5 heteroatoms. The summed E-state index contributed by atoms with van der Waals surface area (Å²) < 4.78 is 0.424. The summed E-state index contributed by atoms with van der Waals surface area (Å²) in [7, 11) is 0. The number of hydrogen-bond donors (Lipinski definition) is 1. The van der Waals surface area contributed by atoms with Gasteiger partial charge in [0.15, 0.2) is 0 Å². The monoisotopic (exact) mass is 245 g/mol. The summed E-state index contributed by atoms with van der Waals surface area (Å²) in [6.45, 7) is 3.20. The third-order valence-corrected chi connectivity index (χ3v) is 2.83. The summed E-state index contributed by atoms with van der Waals surface area (Å²) in [5.74, 6) is -0.0487. The minimum atomic E-state index is -0.508. The summed E-state index contributed by atoms with van der Waals surface area (Å²) in [5.41, 5.74) is 0.856. The van der Waals surface area contributed by atoms with E-state index in [2.05, 4.69) is 15.9 Å². The lowest BCUT2D eigenvalue weighted by atomic mass is 10.1. The van der Waals surface area contributed by atoms with E-state index in [1.54, 1.807) is 6.92 Å². The van der Waals surface area contributed by atoms with Gasteiger partial charge in [-0.2, -0.15) is 0 Å². The normalized spacial score (nSPS) is 10.1. The summed E-state index contributed by atoms with van der Waals surface area (Å²) in [4.78, 5) is 10.1. The van der Waals surface area contributed by atoms with Crippen molar-refractivity contribution in [2.24, 2.45) is 0 Å². The van der Waals surface area contributed by atoms with Crippen LogP contribution in [0, 0.1) is 24.0 Å². The zero-order valence-electron chi connectivity index (χ0n) is 7.17. The van der Waals surface area contributed by atoms with Crippen LogP contribution in [0.2, 0.25) is 0 Å². The Morgan fingerprint density at radius 2 is 2.08 bits per heavy atom. The van der Waals surface area contributed by atoms with Crippen molar-refractivity contribution in [3.05, 3.63) is 31.8 Å². The second-order valence-electron chi connectivity index (χ2n) is 2.76. The molecule has 0 saturated carbocycles. The number of rotatable bonds is 1. The van der Waals surface area contributed by atoms with Crippen LogP contribution in [0.1, 0.15) is 11.1 Å². The van der Waals surface area contributed by atoms with E-state index in [9.17, 15) is 15.2 Å². The molecule has 1 rings (SSSR count). The van der Waals surface area contributed by atoms with E-state index in [-0.39, 0.29) is 17.0 Å². The van der Waals surface area contributed by atoms with Crippen molar-refractivity contribution in [2.75, 3.05) is 0 Å². The number of aryl methyl sites for hydroxylation is 1. The summed E-state index contributed by atoms with van der Waals surface area (Å²) >= 11 is 3.11. The first kappa shape index (κ1) is 9.98. The molecule has 0 aromatic heterocycles. The average molecular weight is 246 g/mol. The second kappa shape index (κ2) is 3.33. The molecule has 0 heterocycles. The highest BCUT2D eigenvalue weighted by molar-refractivity contribution is 9.10. The first-order valence-corrected chi connectivity index (χ1v) is 4.37. The fourth-order valence-corrected chi connectivity index (χ4v) is 1.62. The Kier molecular flexibility index (Phi) is 2.56. The molecule has 0 radical (unpaired) electrons. The van der Waals surface area contributed by atoms with Crippen molar-refractivity contribution in [1.82, 2.24) is 0 Å². The Morgan fingerprint density at radius 1 is 1.54 bits per heavy atom. The molecule has 0 aliphatic rings. The van der Waals surface area contributed by atoms with E-state index in [0.29, 0.717) is 10.0 Å². The van der Waals surface area contributed by atoms with Crippen molar-refractivity contribution >= 4 is 21.6 Å². The van der Waals surface area contributed by atoms with Gasteiger partial charge in [-0.25, -0.2) is 0 Å². The number of nitro groups is 1. The molecule has 1 aromatic rings. The number of halogens is 1. The molecular formula is C8H8BrNO3. The molecule has 0 amide bonds. The first-order chi connectivity index (χ1) is 5.95. The molecule has 0 atom stereocenters. The van der Waals surface area contributed by atoms with Gasteiger partial charge in [-0.05, 0) is 41.4 Å². The van der Waals surface area contributed by atoms with Crippen LogP contribution in [0.4, 0.5) is 5.69 Å². The van der Waals surface area contributed by atoms with Crippen LogP contribution in [0.5, 0.6) is 5.75 Å². The van der Waals surface area contributed by atoms with Crippen LogP contribution in [-0.4, -0.2) is 10.0 Å². The Labute approximate surface area is 83.5 Å². The zero-order valence-corrected chi connectivity index (χ0v) is 8.75. The van der Waals surface area contributed by atoms with Gasteiger partial charge >= 0.3 is 0 Å². The summed E-state index contributed by atoms with van der Waals surface area (Å²) in [6, 6.07) is 1.49. The van der Waals surface area contributed by atoms with Gasteiger partial charge in [-0.3, -0.25) is 10.1 Å². The number of aromatic hydroxyl groups is 1. The SMILES string of the molecule is Cc1cc(O)c(C)c([N+](=O)[O-])c1Br. The highest BCUT2D eigenvalue weighted by atomic mass is 79.9. The van der Waals surface area contributed by atoms with E-state index in [1.807, 2.05) is 0 Å². The molecule has 0 aliphatic carbocycles. The predicted molar refractivity (Wildman–Crippen MR) is 51.9 cm³/mol. The number of phenolic OH excluding ortho intramolecular Hbond substituents is 1. The number of nitrogens with zero attached hydrogens (tertiary/aromatic N) is 1. The molecule has 0 aliphatic heterocycles. The minimum Gasteiger partial charge on any atom is -0.507 e. The molecule has 1 N–H and O–H groups in total. The summed E-state index contributed by atoms with van der Waals surface area (Å²) in [5, 5.41) is 19.9. The molecule has 0 fully saturated rings. The molecule has 0 saturated heterocycles. The number of hydrogen-bond acceptors (Lipinski definition) is 3. The van der Waals surface area contributed by atoms with Gasteiger partial charge in [0.05, 0.1) is 15.0 Å². The Hall–Kier alpha value is -1.10. The van der Waals surface area contributed by atoms with Crippen LogP contribution in [0.25, 0.3) is 0 Å². The predicted octanol–water partition coefficient (Wildman–Crippen LogP) is 2.68. The Balaban J connectivity index is 3.56. The van der Waals surface area contributed by atoms with Gasteiger partial charge in [-0.15, -0.1) is 0 Å². The van der Waals surface area contributed by atoms with E-state index in [4.69, 9.17) is 0 Å². The largest absolute Gasteiger partial charge is 0.507 e. The smallest absolute Gasteiger partial charge is 0.290 e. The maximum Gasteiger partial charge on any atom is 0.290 e. The van der Waals surface area contributed by atoms with Crippen LogP contribution >= 0.6 is 15.9 Å². The number of benzene rings is 1. The zero-order chi connectivity index (χ0) is 10.2. The maximum absolute atomic E-state index is 10.6. The molecular weight excluding hydrogens is 238 g/mol. The van der Waals surface area contributed by atoms with Crippen molar-refractivity contribution in [3.8, 4) is 5.75 Å². The van der Waals surface area contributed by atoms with Crippen LogP contribution in [-0.2, 0) is 0 Å². The molecule has 0 bridgehead atoms. The topological polar surface area (TPSA) is 63.4 Å². The lowest BCUT2D eigenvalue weighted by Crippen LogP contribution is -1.95. The third-order valence-electron chi connectivity index (χ3n) is 1.83. The lowest BCUT2D eigenvalue weighted by molar-refractivity contribution is -0.386. The van der Waals surface area contributed by atoms with E-state index >= 15 is 0 Å². The molecule has 13 heavy (non-hydrogen) atoms. The molecule has 4 nitrogen and oxygen atoms in total. The highest BCUT2D eigenvalue weighted by Gasteiger charge is 2.20. The molecule has 0 unspecified atom stereocenters. The first-order valence-electron chi connectivity index (χ1n) is 3.58. The third kappa shape index (κ3) is 1.65. The van der Waals surface area contributed by atoms with Gasteiger partial charge in [0, 0.05) is 0 Å². The summed E-state index contributed by atoms with van der Waals surface area (Å²) in [6.07, 6.45) is 0. The molecule has 70 valence electrons. The van der Waals surface area contributed by atoms with Crippen molar-refractivity contribution < 1.29 is 10.0 Å². The van der Waals surface area contributed by atoms with Crippen molar-refractivity contribution in [2.45, 2.75) is 13.8 Å². The lowest BCUT2D eigenvalue weighted by Gasteiger charge is -2.04. The standard InChI is InChI=1S/C8H8BrNO3/c1-4-3-6(11)5(2)8(7(4)9)10(12)13/h3,11H,1-2H3. The Morgan fingerprint density at radius 3 is 2.54 bits per heavy atom. The number of phenols is 1. The van der Waals surface area contributed by atoms with Gasteiger partial charge in [-0.1, -0.05) is 0 Å². The molecule has 1 aromatic carbocycles. The minimum absolute atomic E-state index is 0.0487. The van der Waals surface area contributed by atoms with E-state index < -0.39 is 4.92 Å². The van der Waals surface area contributed by atoms with Crippen molar-refractivity contribution in [3.63, 3.8) is 0 Å². The quantitative estimate of drug-likeness (QED) is 0.612. The van der Waals surface area contributed by atoms with Crippen LogP contribution in [0.15, 0.2) is 10.5 Å². The van der Waals surface area contributed by atoms with Crippen LogP contribution in [0.3, 0.4) is 0 Å². The van der Waals surface area contributed by atoms with Crippen molar-refractivity contribution in [1.29, 1.82) is 0 Å². The van der Waals surface area contributed by atoms with Crippen LogP contribution < -0.4 is 0 Å². The molecule has 0 spiro atoms. The van der Waals surface area contributed by atoms with Gasteiger partial charge in [0.2, 0.25) is 0 Å². The fourth-order valence-electron chi connectivity index (χ4n) is 1.07. The maximum atomic E-state index is 10.6. The highest BCUT2D eigenvalue weighted by Crippen LogP contribution is 2.36. The van der Waals surface area contributed by atoms with E-state index in [1.165, 1.54) is 13.0 Å². The number of nitro benzene ring substituents is 1. The van der Waals surface area contributed by atoms with Gasteiger partial charge in [0.25, 0.3) is 5.69 Å². The average Bonchev–Trinajstić information content (AvgIpc) is 2.01. The van der Waals surface area contributed by atoms with Gasteiger partial charge in [0.1, 0.15) is 5.75 Å². The van der Waals surface area contributed by atoms with E-state index in [0.717, 1.165) is 0 Å². The van der Waals surface area contributed by atoms with Gasteiger partial charge < -0.3 is 5.11 Å². The fraction of sp³-hybridized carbons (Fsp3) is 0.250. The Bertz CT molecular complexity index is 350. The second-order valence-corrected chi connectivity index (χ2v) is 3.55.